The third-order valence-corrected chi connectivity index (χ3v) is 1.15. The minimum Gasteiger partial charge on any atom is -0.470 e. The summed E-state index contributed by atoms with van der Waals surface area (Å²) >= 11 is 0. The summed E-state index contributed by atoms with van der Waals surface area (Å²) in [6, 6.07) is 0. The molecule has 94 valence electrons. The number of aliphatic hydroxyl groups excluding tert-OH is 1. The Morgan fingerprint density at radius 2 is 1.40 bits per heavy atom. The molecule has 6 heteroatoms. The molecule has 0 aromatic rings. The Morgan fingerprint density at radius 3 is 1.60 bits per heavy atom. The summed E-state index contributed by atoms with van der Waals surface area (Å²) in [5.74, 6) is 0.988. The van der Waals surface area contributed by atoms with Crippen molar-refractivity contribution in [2.24, 2.45) is 9.98 Å². The quantitative estimate of drug-likeness (QED) is 0.511. The van der Waals surface area contributed by atoms with Crippen LogP contribution in [0.15, 0.2) is 9.98 Å². The normalized spacial score (nSPS) is 18.7. The second-order valence-corrected chi connectivity index (χ2v) is 2.07. The molecule has 0 saturated carbocycles. The van der Waals surface area contributed by atoms with Crippen LogP contribution >= 0.6 is 0 Å². The van der Waals surface area contributed by atoms with E-state index in [1.54, 1.807) is 21.0 Å². The molecule has 15 heavy (non-hydrogen) atoms. The van der Waals surface area contributed by atoms with Gasteiger partial charge in [-0.1, -0.05) is 0 Å². The van der Waals surface area contributed by atoms with Crippen molar-refractivity contribution in [1.82, 2.24) is 0 Å². The summed E-state index contributed by atoms with van der Waals surface area (Å²) in [5, 5.41) is 7.57. The molecule has 1 rings (SSSR count). The molecule has 0 aromatic carbocycles. The molecule has 0 unspecified atom stereocenters. The van der Waals surface area contributed by atoms with E-state index in [9.17, 15) is 0 Å². The number of aliphatic imine (C=N–C) groups is 2. The number of ether oxygens (including phenoxy) is 2. The first-order chi connectivity index (χ1) is 6.29. The van der Waals surface area contributed by atoms with E-state index in [0.717, 1.165) is 0 Å². The van der Waals surface area contributed by atoms with Crippen LogP contribution in [0.25, 0.3) is 0 Å². The Balaban J connectivity index is -0.000000260. The van der Waals surface area contributed by atoms with Crippen LogP contribution in [0.5, 0.6) is 0 Å². The van der Waals surface area contributed by atoms with Crippen LogP contribution in [-0.4, -0.2) is 50.8 Å². The van der Waals surface area contributed by atoms with Gasteiger partial charge in [0.15, 0.2) is 0 Å². The maximum Gasteiger partial charge on any atom is 0.272 e. The SMILES string of the molecule is CCO.CN=C1OCCOC1=NC.[CH3-].[Ni]. The zero-order valence-electron chi connectivity index (χ0n) is 9.60. The van der Waals surface area contributed by atoms with Crippen LogP contribution in [0.1, 0.15) is 6.92 Å². The standard InChI is InChI=1S/C6H10N2O2.C2H6O.CH3.Ni/c1-7-5-6(8-2)10-4-3-9-5;1-2-3;;/h3-4H2,1-2H3;3H,2H2,1H3;1H3;/q;;-1;. The number of hydrogen-bond donors (Lipinski definition) is 1. The van der Waals surface area contributed by atoms with Gasteiger partial charge in [-0.25, -0.2) is 0 Å². The van der Waals surface area contributed by atoms with Crippen molar-refractivity contribution in [3.8, 4) is 0 Å². The van der Waals surface area contributed by atoms with Gasteiger partial charge in [0.05, 0.1) is 0 Å². The van der Waals surface area contributed by atoms with Crippen molar-refractivity contribution in [3.63, 3.8) is 0 Å². The van der Waals surface area contributed by atoms with Crippen molar-refractivity contribution < 1.29 is 31.1 Å². The van der Waals surface area contributed by atoms with Crippen molar-refractivity contribution in [3.05, 3.63) is 7.43 Å². The Bertz CT molecular complexity index is 176. The monoisotopic (exact) mass is 261 g/mol. The fourth-order valence-corrected chi connectivity index (χ4v) is 0.721. The van der Waals surface area contributed by atoms with E-state index < -0.39 is 0 Å². The first-order valence-electron chi connectivity index (χ1n) is 4.10. The predicted octanol–water partition coefficient (Wildman–Crippen LogP) is 0.536. The molecule has 0 aliphatic carbocycles. The maximum absolute atomic E-state index is 7.57. The van der Waals surface area contributed by atoms with Gasteiger partial charge in [0.25, 0.3) is 11.8 Å². The van der Waals surface area contributed by atoms with Crippen molar-refractivity contribution in [2.45, 2.75) is 6.92 Å². The van der Waals surface area contributed by atoms with Crippen LogP contribution < -0.4 is 0 Å². The molecule has 1 N–H and O–H groups in total. The van der Waals surface area contributed by atoms with Crippen molar-refractivity contribution in [1.29, 1.82) is 0 Å². The number of rotatable bonds is 0. The molecule has 1 fully saturated rings. The van der Waals surface area contributed by atoms with Crippen LogP contribution in [0.4, 0.5) is 0 Å². The molecular formula is C9H19N2NiO3-. The zero-order chi connectivity index (χ0) is 10.1. The number of hydrogen-bond acceptors (Lipinski definition) is 5. The molecule has 0 atom stereocenters. The molecule has 1 aliphatic rings. The molecule has 0 spiro atoms. The van der Waals surface area contributed by atoms with Crippen LogP contribution in [0.3, 0.4) is 0 Å². The summed E-state index contributed by atoms with van der Waals surface area (Å²) in [7, 11) is 3.30. The second-order valence-electron chi connectivity index (χ2n) is 2.07. The topological polar surface area (TPSA) is 63.4 Å². The molecule has 0 aromatic heterocycles. The molecule has 5 nitrogen and oxygen atoms in total. The molecule has 0 bridgehead atoms. The van der Waals surface area contributed by atoms with E-state index in [0.29, 0.717) is 25.0 Å². The maximum atomic E-state index is 7.57. The fourth-order valence-electron chi connectivity index (χ4n) is 0.721. The Hall–Kier alpha value is -0.606. The summed E-state index contributed by atoms with van der Waals surface area (Å²) in [4.78, 5) is 7.68. The van der Waals surface area contributed by atoms with E-state index in [1.165, 1.54) is 0 Å². The minimum absolute atomic E-state index is 0. The molecule has 0 radical (unpaired) electrons. The third-order valence-electron chi connectivity index (χ3n) is 1.15. The first kappa shape index (κ1) is 19.9. The van der Waals surface area contributed by atoms with Crippen LogP contribution in [0.2, 0.25) is 0 Å². The van der Waals surface area contributed by atoms with E-state index in [2.05, 4.69) is 9.98 Å². The Labute approximate surface area is 102 Å². The third kappa shape index (κ3) is 8.39. The summed E-state index contributed by atoms with van der Waals surface area (Å²) in [5.41, 5.74) is 0. The van der Waals surface area contributed by atoms with Gasteiger partial charge in [-0.3, -0.25) is 9.98 Å². The summed E-state index contributed by atoms with van der Waals surface area (Å²) < 4.78 is 10.2. The van der Waals surface area contributed by atoms with E-state index in [4.69, 9.17) is 14.6 Å². The largest absolute Gasteiger partial charge is 0.470 e. The predicted molar refractivity (Wildman–Crippen MR) is 57.8 cm³/mol. The molecule has 1 aliphatic heterocycles. The smallest absolute Gasteiger partial charge is 0.272 e. The van der Waals surface area contributed by atoms with Crippen molar-refractivity contribution >= 4 is 11.8 Å². The van der Waals surface area contributed by atoms with E-state index >= 15 is 0 Å². The van der Waals surface area contributed by atoms with Crippen LogP contribution in [0, 0.1) is 7.43 Å². The zero-order valence-corrected chi connectivity index (χ0v) is 10.6. The molecule has 0 amide bonds. The first-order valence-corrected chi connectivity index (χ1v) is 4.10. The van der Waals surface area contributed by atoms with Gasteiger partial charge >= 0.3 is 0 Å². The number of nitrogens with zero attached hydrogens (tertiary/aromatic N) is 2. The van der Waals surface area contributed by atoms with E-state index in [1.807, 2.05) is 0 Å². The number of aliphatic hydroxyl groups is 1. The average Bonchev–Trinajstić information content (AvgIpc) is 2.19. The van der Waals surface area contributed by atoms with Gasteiger partial charge in [-0.15, -0.1) is 0 Å². The Morgan fingerprint density at radius 1 is 1.13 bits per heavy atom. The van der Waals surface area contributed by atoms with Gasteiger partial charge in [-0.2, -0.15) is 0 Å². The minimum atomic E-state index is 0. The van der Waals surface area contributed by atoms with Gasteiger partial charge in [0.2, 0.25) is 0 Å². The molecular weight excluding hydrogens is 243 g/mol. The van der Waals surface area contributed by atoms with Gasteiger partial charge in [0.1, 0.15) is 13.2 Å². The van der Waals surface area contributed by atoms with Crippen LogP contribution in [-0.2, 0) is 26.0 Å². The Kier molecular flexibility index (Phi) is 17.8. The van der Waals surface area contributed by atoms with Gasteiger partial charge < -0.3 is 22.0 Å². The molecule has 1 heterocycles. The summed E-state index contributed by atoms with van der Waals surface area (Å²) in [6.45, 7) is 3.05. The van der Waals surface area contributed by atoms with Gasteiger partial charge in [0, 0.05) is 37.2 Å². The summed E-state index contributed by atoms with van der Waals surface area (Å²) in [6.07, 6.45) is 0. The van der Waals surface area contributed by atoms with Crippen molar-refractivity contribution in [2.75, 3.05) is 33.9 Å². The molecule has 1 saturated heterocycles. The fraction of sp³-hybridized carbons (Fsp3) is 0.667. The average molecular weight is 262 g/mol. The van der Waals surface area contributed by atoms with E-state index in [-0.39, 0.29) is 30.5 Å². The second kappa shape index (κ2) is 13.4. The van der Waals surface area contributed by atoms with Gasteiger partial charge in [-0.05, 0) is 6.92 Å².